The van der Waals surface area contributed by atoms with Crippen molar-refractivity contribution < 1.29 is 14.6 Å². The Morgan fingerprint density at radius 3 is 2.45 bits per heavy atom. The van der Waals surface area contributed by atoms with Crippen molar-refractivity contribution in [3.8, 4) is 0 Å². The van der Waals surface area contributed by atoms with E-state index in [4.69, 9.17) is 9.84 Å². The van der Waals surface area contributed by atoms with Crippen molar-refractivity contribution in [1.82, 2.24) is 0 Å². The Balaban J connectivity index is 4.14. The average Bonchev–Trinajstić information content (AvgIpc) is 2.42. The molecule has 0 saturated carbocycles. The van der Waals surface area contributed by atoms with E-state index in [-0.39, 0.29) is 19.2 Å². The van der Waals surface area contributed by atoms with E-state index in [9.17, 15) is 4.79 Å². The maximum absolute atomic E-state index is 10.7. The first-order valence-corrected chi connectivity index (χ1v) is 6.86. The largest absolute Gasteiger partial charge is 0.461 e. The Bertz CT molecular complexity index is 400. The Morgan fingerprint density at radius 1 is 1.20 bits per heavy atom. The molecule has 0 bridgehead atoms. The molecular weight excluding hydrogens is 252 g/mol. The second-order valence-electron chi connectivity index (χ2n) is 4.78. The lowest BCUT2D eigenvalue weighted by Crippen LogP contribution is -2.06. The quantitative estimate of drug-likeness (QED) is 0.397. The highest BCUT2D eigenvalue weighted by Crippen LogP contribution is 2.09. The molecular formula is C17H26O3. The lowest BCUT2D eigenvalue weighted by molar-refractivity contribution is -0.140. The predicted molar refractivity (Wildman–Crippen MR) is 83.4 cm³/mol. The second kappa shape index (κ2) is 11.2. The Morgan fingerprint density at radius 2 is 1.90 bits per heavy atom. The summed E-state index contributed by atoms with van der Waals surface area (Å²) in [5.74, 6) is -0.329. The van der Waals surface area contributed by atoms with Crippen LogP contribution in [-0.2, 0) is 9.53 Å². The fraction of sp³-hybridized carbons (Fsp3) is 0.471. The molecule has 0 aliphatic heterocycles. The lowest BCUT2D eigenvalue weighted by Gasteiger charge is -2.05. The van der Waals surface area contributed by atoms with E-state index in [0.717, 1.165) is 24.8 Å². The molecule has 0 atom stereocenters. The van der Waals surface area contributed by atoms with Crippen LogP contribution < -0.4 is 0 Å². The minimum Gasteiger partial charge on any atom is -0.461 e. The van der Waals surface area contributed by atoms with Crippen LogP contribution in [0.5, 0.6) is 0 Å². The zero-order valence-corrected chi connectivity index (χ0v) is 12.8. The third-order valence-corrected chi connectivity index (χ3v) is 2.86. The third kappa shape index (κ3) is 10.3. The first-order chi connectivity index (χ1) is 9.49. The molecule has 0 aromatic heterocycles. The van der Waals surface area contributed by atoms with E-state index in [1.165, 1.54) is 18.1 Å². The number of carbonyl (C=O) groups is 1. The number of aliphatic hydroxyl groups is 1. The number of hydrogen-bond donors (Lipinski definition) is 1. The van der Waals surface area contributed by atoms with Crippen LogP contribution in [-0.4, -0.2) is 24.3 Å². The van der Waals surface area contributed by atoms with Crippen LogP contribution in [0, 0.1) is 0 Å². The molecule has 0 heterocycles. The maximum atomic E-state index is 10.7. The topological polar surface area (TPSA) is 46.5 Å². The first-order valence-electron chi connectivity index (χ1n) is 6.86. The van der Waals surface area contributed by atoms with Crippen LogP contribution in [0.2, 0.25) is 0 Å². The van der Waals surface area contributed by atoms with E-state index in [1.54, 1.807) is 0 Å². The Kier molecular flexibility index (Phi) is 10.3. The molecule has 0 aliphatic carbocycles. The van der Waals surface area contributed by atoms with Crippen molar-refractivity contribution in [3.05, 3.63) is 47.6 Å². The van der Waals surface area contributed by atoms with Gasteiger partial charge in [-0.3, -0.25) is 4.79 Å². The van der Waals surface area contributed by atoms with Gasteiger partial charge in [0.15, 0.2) is 0 Å². The minimum absolute atomic E-state index is 0.0721. The number of carbonyl (C=O) groups excluding carboxylic acids is 1. The summed E-state index contributed by atoms with van der Waals surface area (Å²) in [6.45, 7) is 9.30. The molecule has 0 radical (unpaired) electrons. The normalized spacial score (nSPS) is 13.3. The van der Waals surface area contributed by atoms with Crippen molar-refractivity contribution in [2.45, 2.75) is 40.0 Å². The van der Waals surface area contributed by atoms with Gasteiger partial charge in [0.2, 0.25) is 0 Å². The number of rotatable bonds is 9. The SMILES string of the molecule is C=C/C(C)=C\C/C=C(\C)CC/C=C(\CO)COC(C)=O. The highest BCUT2D eigenvalue weighted by molar-refractivity contribution is 5.66. The summed E-state index contributed by atoms with van der Waals surface area (Å²) in [4.78, 5) is 10.7. The van der Waals surface area contributed by atoms with Gasteiger partial charge in [-0.25, -0.2) is 0 Å². The summed E-state index contributed by atoms with van der Waals surface area (Å²) in [7, 11) is 0. The van der Waals surface area contributed by atoms with E-state index < -0.39 is 0 Å². The summed E-state index contributed by atoms with van der Waals surface area (Å²) in [5, 5.41) is 9.14. The first kappa shape index (κ1) is 18.4. The molecule has 0 aliphatic rings. The van der Waals surface area contributed by atoms with Crippen LogP contribution in [0.25, 0.3) is 0 Å². The fourth-order valence-corrected chi connectivity index (χ4v) is 1.50. The van der Waals surface area contributed by atoms with Crippen molar-refractivity contribution in [2.24, 2.45) is 0 Å². The molecule has 0 spiro atoms. The molecule has 112 valence electrons. The number of ether oxygens (including phenoxy) is 1. The van der Waals surface area contributed by atoms with Crippen LogP contribution in [0.3, 0.4) is 0 Å². The molecule has 0 amide bonds. The van der Waals surface area contributed by atoms with Gasteiger partial charge in [0, 0.05) is 6.92 Å². The number of hydrogen-bond acceptors (Lipinski definition) is 3. The fourth-order valence-electron chi connectivity index (χ4n) is 1.50. The van der Waals surface area contributed by atoms with E-state index in [1.807, 2.05) is 19.1 Å². The van der Waals surface area contributed by atoms with Crippen molar-refractivity contribution in [2.75, 3.05) is 13.2 Å². The molecule has 0 unspecified atom stereocenters. The molecule has 0 fully saturated rings. The highest BCUT2D eigenvalue weighted by Gasteiger charge is 1.98. The Hall–Kier alpha value is -1.61. The molecule has 3 nitrogen and oxygen atoms in total. The smallest absolute Gasteiger partial charge is 0.302 e. The molecule has 0 aromatic carbocycles. The highest BCUT2D eigenvalue weighted by atomic mass is 16.5. The van der Waals surface area contributed by atoms with Crippen LogP contribution >= 0.6 is 0 Å². The zero-order valence-electron chi connectivity index (χ0n) is 12.8. The van der Waals surface area contributed by atoms with Gasteiger partial charge in [0.1, 0.15) is 6.61 Å². The number of allylic oxidation sites excluding steroid dienone is 6. The molecule has 1 N–H and O–H groups in total. The average molecular weight is 278 g/mol. The van der Waals surface area contributed by atoms with Crippen molar-refractivity contribution >= 4 is 5.97 Å². The van der Waals surface area contributed by atoms with Crippen LogP contribution in [0.15, 0.2) is 47.6 Å². The summed E-state index contributed by atoms with van der Waals surface area (Å²) >= 11 is 0. The second-order valence-corrected chi connectivity index (χ2v) is 4.78. The molecule has 20 heavy (non-hydrogen) atoms. The van der Waals surface area contributed by atoms with Gasteiger partial charge in [0.25, 0.3) is 0 Å². The summed E-state index contributed by atoms with van der Waals surface area (Å²) in [6.07, 6.45) is 10.8. The van der Waals surface area contributed by atoms with Gasteiger partial charge in [0.05, 0.1) is 6.61 Å². The monoisotopic (exact) mass is 278 g/mol. The zero-order chi connectivity index (χ0) is 15.4. The molecule has 0 saturated heterocycles. The van der Waals surface area contributed by atoms with E-state index in [0.29, 0.717) is 0 Å². The summed E-state index contributed by atoms with van der Waals surface area (Å²) in [5.41, 5.74) is 3.23. The lowest BCUT2D eigenvalue weighted by atomic mass is 10.1. The van der Waals surface area contributed by atoms with Gasteiger partial charge < -0.3 is 9.84 Å². The maximum Gasteiger partial charge on any atom is 0.302 e. The third-order valence-electron chi connectivity index (χ3n) is 2.86. The van der Waals surface area contributed by atoms with E-state index in [2.05, 4.69) is 25.7 Å². The van der Waals surface area contributed by atoms with Crippen LogP contribution in [0.1, 0.15) is 40.0 Å². The number of aliphatic hydroxyl groups excluding tert-OH is 1. The van der Waals surface area contributed by atoms with E-state index >= 15 is 0 Å². The summed E-state index contributed by atoms with van der Waals surface area (Å²) < 4.78 is 4.86. The molecule has 3 heteroatoms. The number of esters is 1. The summed E-state index contributed by atoms with van der Waals surface area (Å²) in [6, 6.07) is 0. The molecule has 0 rings (SSSR count). The standard InChI is InChI=1S/C17H26O3/c1-5-14(2)8-6-9-15(3)10-7-11-17(12-18)13-20-16(4)19/h5,8-9,11,18H,1,6-7,10,12-13H2,2-4H3/b14-8-,15-9+,17-11+. The van der Waals surface area contributed by atoms with Gasteiger partial charge in [-0.05, 0) is 38.7 Å². The van der Waals surface area contributed by atoms with Crippen LogP contribution in [0.4, 0.5) is 0 Å². The minimum atomic E-state index is -0.329. The van der Waals surface area contributed by atoms with Gasteiger partial charge in [-0.1, -0.05) is 42.0 Å². The van der Waals surface area contributed by atoms with Crippen molar-refractivity contribution in [3.63, 3.8) is 0 Å². The Labute approximate surface area is 122 Å². The van der Waals surface area contributed by atoms with Gasteiger partial charge in [-0.15, -0.1) is 0 Å². The van der Waals surface area contributed by atoms with Gasteiger partial charge in [-0.2, -0.15) is 0 Å². The van der Waals surface area contributed by atoms with Gasteiger partial charge >= 0.3 is 5.97 Å². The van der Waals surface area contributed by atoms with Crippen molar-refractivity contribution in [1.29, 1.82) is 0 Å². The molecule has 0 aromatic rings. The predicted octanol–water partition coefficient (Wildman–Crippen LogP) is 3.72.